The van der Waals surface area contributed by atoms with Gasteiger partial charge in [0, 0.05) is 16.8 Å². The summed E-state index contributed by atoms with van der Waals surface area (Å²) in [6.07, 6.45) is 3.40. The number of hydrazone groups is 1. The van der Waals surface area contributed by atoms with Gasteiger partial charge in [0.1, 0.15) is 0 Å². The second kappa shape index (κ2) is 7.46. The Morgan fingerprint density at radius 3 is 2.50 bits per heavy atom. The van der Waals surface area contributed by atoms with Gasteiger partial charge in [-0.3, -0.25) is 4.79 Å². The van der Waals surface area contributed by atoms with Gasteiger partial charge in [0.15, 0.2) is 0 Å². The maximum atomic E-state index is 11.7. The maximum Gasteiger partial charge on any atom is 0.271 e. The van der Waals surface area contributed by atoms with Crippen molar-refractivity contribution in [2.24, 2.45) is 5.10 Å². The van der Waals surface area contributed by atoms with Crippen molar-refractivity contribution in [1.29, 1.82) is 0 Å². The van der Waals surface area contributed by atoms with Gasteiger partial charge in [0.2, 0.25) is 0 Å². The van der Waals surface area contributed by atoms with E-state index in [9.17, 15) is 4.79 Å². The number of aryl methyl sites for hydroxylation is 1. The fraction of sp³-hybridized carbons (Fsp3) is 0.125. The van der Waals surface area contributed by atoms with Crippen molar-refractivity contribution >= 4 is 23.7 Å². The summed E-state index contributed by atoms with van der Waals surface area (Å²) in [5.41, 5.74) is 4.28. The van der Waals surface area contributed by atoms with Gasteiger partial charge in [-0.15, -0.1) is 0 Å². The standard InChI is InChI=1S/C16H15ClN2O/c17-15-10-8-14(9-11-15)16(20)19-18-12-4-7-13-5-2-1-3-6-13/h1-3,5-6,8-12H,4,7H2,(H,19,20). The van der Waals surface area contributed by atoms with E-state index in [1.165, 1.54) is 5.56 Å². The molecule has 2 aromatic carbocycles. The molecule has 102 valence electrons. The van der Waals surface area contributed by atoms with Gasteiger partial charge < -0.3 is 0 Å². The molecule has 2 rings (SSSR count). The van der Waals surface area contributed by atoms with Crippen molar-refractivity contribution in [1.82, 2.24) is 5.43 Å². The summed E-state index contributed by atoms with van der Waals surface area (Å²) in [4.78, 5) is 11.7. The first-order valence-corrected chi connectivity index (χ1v) is 6.75. The van der Waals surface area contributed by atoms with Crippen LogP contribution in [0.25, 0.3) is 0 Å². The van der Waals surface area contributed by atoms with Crippen LogP contribution in [0.3, 0.4) is 0 Å². The highest BCUT2D eigenvalue weighted by Gasteiger charge is 2.02. The van der Waals surface area contributed by atoms with Crippen LogP contribution in [-0.2, 0) is 6.42 Å². The van der Waals surface area contributed by atoms with Crippen molar-refractivity contribution in [3.05, 3.63) is 70.7 Å². The van der Waals surface area contributed by atoms with Gasteiger partial charge >= 0.3 is 0 Å². The Kier molecular flexibility index (Phi) is 5.33. The molecule has 0 heterocycles. The SMILES string of the molecule is O=C(NN=CCCc1ccccc1)c1ccc(Cl)cc1. The van der Waals surface area contributed by atoms with Crippen molar-refractivity contribution in [3.8, 4) is 0 Å². The molecular weight excluding hydrogens is 272 g/mol. The third-order valence-electron chi connectivity index (χ3n) is 2.77. The minimum atomic E-state index is -0.238. The predicted octanol–water partition coefficient (Wildman–Crippen LogP) is 3.69. The number of carbonyl (C=O) groups excluding carboxylic acids is 1. The van der Waals surface area contributed by atoms with E-state index in [1.54, 1.807) is 30.5 Å². The number of nitrogens with zero attached hydrogens (tertiary/aromatic N) is 1. The summed E-state index contributed by atoms with van der Waals surface area (Å²) in [5.74, 6) is -0.238. The molecule has 20 heavy (non-hydrogen) atoms. The number of hydrogen-bond acceptors (Lipinski definition) is 2. The van der Waals surface area contributed by atoms with Crippen LogP contribution in [0.4, 0.5) is 0 Å². The van der Waals surface area contributed by atoms with Crippen molar-refractivity contribution in [3.63, 3.8) is 0 Å². The van der Waals surface area contributed by atoms with E-state index in [4.69, 9.17) is 11.6 Å². The van der Waals surface area contributed by atoms with Gasteiger partial charge in [0.25, 0.3) is 5.91 Å². The smallest absolute Gasteiger partial charge is 0.267 e. The van der Waals surface area contributed by atoms with Crippen LogP contribution in [0, 0.1) is 0 Å². The van der Waals surface area contributed by atoms with Gasteiger partial charge in [0.05, 0.1) is 0 Å². The van der Waals surface area contributed by atoms with Crippen LogP contribution in [0.15, 0.2) is 59.7 Å². The molecule has 0 aliphatic heterocycles. The molecule has 2 aromatic rings. The Morgan fingerprint density at radius 2 is 1.80 bits per heavy atom. The van der Waals surface area contributed by atoms with Crippen LogP contribution in [-0.4, -0.2) is 12.1 Å². The monoisotopic (exact) mass is 286 g/mol. The van der Waals surface area contributed by atoms with Crippen LogP contribution in [0.5, 0.6) is 0 Å². The summed E-state index contributed by atoms with van der Waals surface area (Å²) in [7, 11) is 0. The average Bonchev–Trinajstić information content (AvgIpc) is 2.48. The Morgan fingerprint density at radius 1 is 1.10 bits per heavy atom. The molecule has 0 aliphatic rings. The summed E-state index contributed by atoms with van der Waals surface area (Å²) >= 11 is 5.76. The highest BCUT2D eigenvalue weighted by molar-refractivity contribution is 6.30. The zero-order valence-electron chi connectivity index (χ0n) is 10.9. The second-order valence-corrected chi connectivity index (χ2v) is 4.72. The molecule has 3 nitrogen and oxygen atoms in total. The largest absolute Gasteiger partial charge is 0.271 e. The third kappa shape index (κ3) is 4.52. The zero-order chi connectivity index (χ0) is 14.2. The lowest BCUT2D eigenvalue weighted by Crippen LogP contribution is -2.17. The van der Waals surface area contributed by atoms with E-state index in [-0.39, 0.29) is 5.91 Å². The zero-order valence-corrected chi connectivity index (χ0v) is 11.7. The van der Waals surface area contributed by atoms with E-state index >= 15 is 0 Å². The molecular formula is C16H15ClN2O. The Labute approximate surface area is 123 Å². The molecule has 1 N–H and O–H groups in total. The maximum absolute atomic E-state index is 11.7. The van der Waals surface area contributed by atoms with Crippen molar-refractivity contribution in [2.75, 3.05) is 0 Å². The van der Waals surface area contributed by atoms with Gasteiger partial charge in [-0.1, -0.05) is 41.9 Å². The summed E-state index contributed by atoms with van der Waals surface area (Å²) in [6, 6.07) is 16.8. The molecule has 0 bridgehead atoms. The number of nitrogens with one attached hydrogen (secondary N) is 1. The molecule has 0 unspecified atom stereocenters. The number of benzene rings is 2. The lowest BCUT2D eigenvalue weighted by molar-refractivity contribution is 0.0955. The minimum Gasteiger partial charge on any atom is -0.267 e. The van der Waals surface area contributed by atoms with Crippen molar-refractivity contribution in [2.45, 2.75) is 12.8 Å². The van der Waals surface area contributed by atoms with Gasteiger partial charge in [-0.2, -0.15) is 5.10 Å². The topological polar surface area (TPSA) is 41.5 Å². The third-order valence-corrected chi connectivity index (χ3v) is 3.02. The van der Waals surface area contributed by atoms with E-state index in [0.29, 0.717) is 10.6 Å². The summed E-state index contributed by atoms with van der Waals surface area (Å²) in [6.45, 7) is 0. The predicted molar refractivity (Wildman–Crippen MR) is 82.2 cm³/mol. The van der Waals surface area contributed by atoms with Crippen LogP contribution < -0.4 is 5.43 Å². The first kappa shape index (κ1) is 14.3. The molecule has 0 radical (unpaired) electrons. The first-order chi connectivity index (χ1) is 9.75. The number of halogens is 1. The molecule has 0 aliphatic carbocycles. The molecule has 0 spiro atoms. The molecule has 0 aromatic heterocycles. The highest BCUT2D eigenvalue weighted by atomic mass is 35.5. The fourth-order valence-corrected chi connectivity index (χ4v) is 1.84. The van der Waals surface area contributed by atoms with Crippen LogP contribution in [0.1, 0.15) is 22.3 Å². The normalized spacial score (nSPS) is 10.7. The van der Waals surface area contributed by atoms with E-state index in [1.807, 2.05) is 18.2 Å². The number of hydrogen-bond donors (Lipinski definition) is 1. The fourth-order valence-electron chi connectivity index (χ4n) is 1.71. The quantitative estimate of drug-likeness (QED) is 0.661. The van der Waals surface area contributed by atoms with Crippen molar-refractivity contribution < 1.29 is 4.79 Å². The highest BCUT2D eigenvalue weighted by Crippen LogP contribution is 2.09. The van der Waals surface area contributed by atoms with E-state index < -0.39 is 0 Å². The summed E-state index contributed by atoms with van der Waals surface area (Å²) < 4.78 is 0. The lowest BCUT2D eigenvalue weighted by Gasteiger charge is -2.00. The van der Waals surface area contributed by atoms with E-state index in [2.05, 4.69) is 22.7 Å². The molecule has 4 heteroatoms. The number of carbonyl (C=O) groups is 1. The number of amides is 1. The molecule has 0 fully saturated rings. The first-order valence-electron chi connectivity index (χ1n) is 6.37. The Bertz CT molecular complexity index is 579. The second-order valence-electron chi connectivity index (χ2n) is 4.28. The van der Waals surface area contributed by atoms with Gasteiger partial charge in [-0.25, -0.2) is 5.43 Å². The van der Waals surface area contributed by atoms with Crippen LogP contribution in [0.2, 0.25) is 5.02 Å². The van der Waals surface area contributed by atoms with Gasteiger partial charge in [-0.05, 0) is 42.7 Å². The Hall–Kier alpha value is -2.13. The minimum absolute atomic E-state index is 0.238. The van der Waals surface area contributed by atoms with Crippen LogP contribution >= 0.6 is 11.6 Å². The molecule has 0 saturated heterocycles. The molecule has 1 amide bonds. The summed E-state index contributed by atoms with van der Waals surface area (Å²) in [5, 5.41) is 4.53. The molecule has 0 atom stereocenters. The Balaban J connectivity index is 1.76. The van der Waals surface area contributed by atoms with E-state index in [0.717, 1.165) is 12.8 Å². The lowest BCUT2D eigenvalue weighted by atomic mass is 10.1. The molecule has 0 saturated carbocycles. The number of rotatable bonds is 5. The average molecular weight is 287 g/mol.